The predicted octanol–water partition coefficient (Wildman–Crippen LogP) is 3.93. The largest absolute Gasteiger partial charge is 0.454 e. The zero-order valence-electron chi connectivity index (χ0n) is 17.2. The van der Waals surface area contributed by atoms with Crippen LogP contribution in [0.3, 0.4) is 0 Å². The van der Waals surface area contributed by atoms with Gasteiger partial charge in [0.1, 0.15) is 17.1 Å². The lowest BCUT2D eigenvalue weighted by Crippen LogP contribution is -2.35. The van der Waals surface area contributed by atoms with Gasteiger partial charge in [-0.1, -0.05) is 30.3 Å². The molecule has 1 aromatic heterocycles. The molecule has 3 rings (SSSR count). The van der Waals surface area contributed by atoms with Gasteiger partial charge < -0.3 is 14.2 Å². The molecule has 0 saturated carbocycles. The van der Waals surface area contributed by atoms with E-state index in [9.17, 15) is 14.0 Å². The van der Waals surface area contributed by atoms with Crippen LogP contribution in [0.5, 0.6) is 0 Å². The molecule has 156 valence electrons. The summed E-state index contributed by atoms with van der Waals surface area (Å²) in [5, 5.41) is 0. The second kappa shape index (κ2) is 8.90. The van der Waals surface area contributed by atoms with Gasteiger partial charge in [0.2, 0.25) is 0 Å². The van der Waals surface area contributed by atoms with E-state index in [4.69, 9.17) is 4.74 Å². The summed E-state index contributed by atoms with van der Waals surface area (Å²) in [5.74, 6) is -0.984. The molecule has 0 radical (unpaired) electrons. The van der Waals surface area contributed by atoms with E-state index in [-0.39, 0.29) is 18.3 Å². The minimum atomic E-state index is -0.863. The molecular formula is C23H24FN3O3. The number of rotatable bonds is 7. The summed E-state index contributed by atoms with van der Waals surface area (Å²) in [6.07, 6.45) is 3.02. The average molecular weight is 409 g/mol. The molecule has 0 saturated heterocycles. The minimum absolute atomic E-state index is 0.234. The maximum Gasteiger partial charge on any atom is 0.338 e. The predicted molar refractivity (Wildman–Crippen MR) is 110 cm³/mol. The van der Waals surface area contributed by atoms with Crippen LogP contribution in [0.2, 0.25) is 0 Å². The number of halogens is 1. The van der Waals surface area contributed by atoms with Gasteiger partial charge in [-0.25, -0.2) is 14.2 Å². The molecule has 6 nitrogen and oxygen atoms in total. The van der Waals surface area contributed by atoms with Crippen molar-refractivity contribution < 1.29 is 18.7 Å². The Balaban J connectivity index is 1.68. The Bertz CT molecular complexity index is 1010. The van der Waals surface area contributed by atoms with Gasteiger partial charge in [-0.15, -0.1) is 0 Å². The molecule has 0 aliphatic heterocycles. The van der Waals surface area contributed by atoms with Gasteiger partial charge in [-0.2, -0.15) is 0 Å². The van der Waals surface area contributed by atoms with E-state index in [2.05, 4.69) is 4.98 Å². The van der Waals surface area contributed by atoms with Crippen LogP contribution in [0, 0.1) is 5.82 Å². The standard InChI is InChI=1S/C23H24FN3O3/c1-23(2,30-22(29)18-7-5-4-6-8-18)15-27-16-25-13-20(27)21(28)26(3)14-17-9-11-19(24)12-10-17/h4-13,16H,14-15H2,1-3H3. The Morgan fingerprint density at radius 3 is 2.43 bits per heavy atom. The number of benzene rings is 2. The zero-order valence-corrected chi connectivity index (χ0v) is 17.2. The van der Waals surface area contributed by atoms with E-state index in [1.807, 2.05) is 6.07 Å². The summed E-state index contributed by atoms with van der Waals surface area (Å²) in [7, 11) is 1.67. The maximum atomic E-state index is 13.1. The number of esters is 1. The highest BCUT2D eigenvalue weighted by molar-refractivity contribution is 5.92. The van der Waals surface area contributed by atoms with Crippen LogP contribution < -0.4 is 0 Å². The Morgan fingerprint density at radius 2 is 1.77 bits per heavy atom. The van der Waals surface area contributed by atoms with Gasteiger partial charge in [0.25, 0.3) is 5.91 Å². The van der Waals surface area contributed by atoms with Crippen molar-refractivity contribution in [3.05, 3.63) is 89.8 Å². The zero-order chi connectivity index (χ0) is 21.7. The molecule has 0 unspecified atom stereocenters. The smallest absolute Gasteiger partial charge is 0.338 e. The fourth-order valence-electron chi connectivity index (χ4n) is 3.08. The minimum Gasteiger partial charge on any atom is -0.454 e. The van der Waals surface area contributed by atoms with Gasteiger partial charge in [0.05, 0.1) is 24.6 Å². The van der Waals surface area contributed by atoms with Crippen LogP contribution in [0.1, 0.15) is 40.3 Å². The van der Waals surface area contributed by atoms with Crippen molar-refractivity contribution in [2.75, 3.05) is 7.05 Å². The second-order valence-electron chi connectivity index (χ2n) is 7.71. The highest BCUT2D eigenvalue weighted by Gasteiger charge is 2.27. The van der Waals surface area contributed by atoms with Crippen LogP contribution in [-0.2, 0) is 17.8 Å². The first-order valence-electron chi connectivity index (χ1n) is 9.53. The van der Waals surface area contributed by atoms with Crippen LogP contribution in [0.15, 0.2) is 67.1 Å². The highest BCUT2D eigenvalue weighted by atomic mass is 19.1. The molecule has 0 N–H and O–H groups in total. The number of carbonyl (C=O) groups is 2. The van der Waals surface area contributed by atoms with Crippen molar-refractivity contribution in [2.45, 2.75) is 32.5 Å². The molecule has 0 atom stereocenters. The highest BCUT2D eigenvalue weighted by Crippen LogP contribution is 2.18. The van der Waals surface area contributed by atoms with E-state index in [0.29, 0.717) is 17.8 Å². The van der Waals surface area contributed by atoms with Crippen molar-refractivity contribution in [3.8, 4) is 0 Å². The molecule has 30 heavy (non-hydrogen) atoms. The van der Waals surface area contributed by atoms with Crippen LogP contribution >= 0.6 is 0 Å². The van der Waals surface area contributed by atoms with Gasteiger partial charge in [0.15, 0.2) is 0 Å². The lowest BCUT2D eigenvalue weighted by atomic mass is 10.1. The van der Waals surface area contributed by atoms with Crippen LogP contribution in [0.4, 0.5) is 4.39 Å². The van der Waals surface area contributed by atoms with E-state index in [1.54, 1.807) is 61.9 Å². The summed E-state index contributed by atoms with van der Waals surface area (Å²) in [6, 6.07) is 14.8. The van der Waals surface area contributed by atoms with Gasteiger partial charge in [-0.05, 0) is 43.7 Å². The number of imidazole rings is 1. The first-order chi connectivity index (χ1) is 14.2. The molecule has 3 aromatic rings. The number of aromatic nitrogens is 2. The van der Waals surface area contributed by atoms with Crippen LogP contribution in [-0.4, -0.2) is 39.0 Å². The van der Waals surface area contributed by atoms with Crippen molar-refractivity contribution in [1.29, 1.82) is 0 Å². The molecule has 0 aliphatic rings. The number of nitrogens with zero attached hydrogens (tertiary/aromatic N) is 3. The quantitative estimate of drug-likeness (QED) is 0.555. The Morgan fingerprint density at radius 1 is 1.10 bits per heavy atom. The molecule has 0 spiro atoms. The summed E-state index contributed by atoms with van der Waals surface area (Å²) in [4.78, 5) is 30.9. The second-order valence-corrected chi connectivity index (χ2v) is 7.71. The van der Waals surface area contributed by atoms with Crippen molar-refractivity contribution in [2.24, 2.45) is 0 Å². The number of hydrogen-bond donors (Lipinski definition) is 0. The lowest BCUT2D eigenvalue weighted by molar-refractivity contribution is -0.00850. The third-order valence-electron chi connectivity index (χ3n) is 4.54. The molecule has 7 heteroatoms. The summed E-state index contributed by atoms with van der Waals surface area (Å²) in [5.41, 5.74) is 0.795. The normalized spacial score (nSPS) is 11.2. The molecule has 1 heterocycles. The third-order valence-corrected chi connectivity index (χ3v) is 4.54. The molecule has 1 amide bonds. The van der Waals surface area contributed by atoms with E-state index in [0.717, 1.165) is 5.56 Å². The SMILES string of the molecule is CN(Cc1ccc(F)cc1)C(=O)c1cncn1CC(C)(C)OC(=O)c1ccccc1. The van der Waals surface area contributed by atoms with E-state index in [1.165, 1.54) is 29.6 Å². The third kappa shape index (κ3) is 5.31. The summed E-state index contributed by atoms with van der Waals surface area (Å²) >= 11 is 0. The first kappa shape index (κ1) is 21.2. The van der Waals surface area contributed by atoms with Gasteiger partial charge in [-0.3, -0.25) is 4.79 Å². The lowest BCUT2D eigenvalue weighted by Gasteiger charge is -2.27. The van der Waals surface area contributed by atoms with Crippen LogP contribution in [0.25, 0.3) is 0 Å². The number of ether oxygens (including phenoxy) is 1. The Hall–Kier alpha value is -3.48. The molecule has 0 fully saturated rings. The molecule has 2 aromatic carbocycles. The summed E-state index contributed by atoms with van der Waals surface area (Å²) < 4.78 is 20.4. The fraction of sp³-hybridized carbons (Fsp3) is 0.261. The van der Waals surface area contributed by atoms with Crippen molar-refractivity contribution in [3.63, 3.8) is 0 Å². The van der Waals surface area contributed by atoms with Gasteiger partial charge >= 0.3 is 5.97 Å². The Labute approximate surface area is 174 Å². The Kier molecular flexibility index (Phi) is 6.30. The summed E-state index contributed by atoms with van der Waals surface area (Å²) in [6.45, 7) is 4.16. The first-order valence-corrected chi connectivity index (χ1v) is 9.53. The number of amides is 1. The fourth-order valence-corrected chi connectivity index (χ4v) is 3.08. The number of hydrogen-bond acceptors (Lipinski definition) is 4. The van der Waals surface area contributed by atoms with E-state index >= 15 is 0 Å². The maximum absolute atomic E-state index is 13.1. The van der Waals surface area contributed by atoms with Gasteiger partial charge in [0, 0.05) is 13.6 Å². The van der Waals surface area contributed by atoms with Crippen molar-refractivity contribution in [1.82, 2.24) is 14.5 Å². The van der Waals surface area contributed by atoms with E-state index < -0.39 is 11.6 Å². The molecule has 0 bridgehead atoms. The number of carbonyl (C=O) groups excluding carboxylic acids is 2. The topological polar surface area (TPSA) is 64.4 Å². The molecule has 0 aliphatic carbocycles. The monoisotopic (exact) mass is 409 g/mol. The average Bonchev–Trinajstić information content (AvgIpc) is 3.16. The van der Waals surface area contributed by atoms with Crippen molar-refractivity contribution >= 4 is 11.9 Å². The molecular weight excluding hydrogens is 385 g/mol.